The Balaban J connectivity index is 1.31. The number of carbonyl (C=O) groups is 1. The van der Waals surface area contributed by atoms with Gasteiger partial charge in [-0.05, 0) is 74.7 Å². The highest BCUT2D eigenvalue weighted by Gasteiger charge is 2.33. The van der Waals surface area contributed by atoms with Gasteiger partial charge in [0.1, 0.15) is 5.75 Å². The van der Waals surface area contributed by atoms with Crippen LogP contribution in [0.1, 0.15) is 32.1 Å². The van der Waals surface area contributed by atoms with Crippen LogP contribution in [-0.4, -0.2) is 48.6 Å². The van der Waals surface area contributed by atoms with E-state index >= 15 is 0 Å². The Morgan fingerprint density at radius 2 is 1.90 bits per heavy atom. The number of amides is 1. The number of methoxy groups -OCH3 is 1. The topological polar surface area (TPSA) is 32.8 Å². The number of piperidine rings is 2. The summed E-state index contributed by atoms with van der Waals surface area (Å²) in [5.41, 5.74) is 1.92. The van der Waals surface area contributed by atoms with Crippen molar-refractivity contribution in [3.63, 3.8) is 0 Å². The lowest BCUT2D eigenvalue weighted by Crippen LogP contribution is -2.48. The van der Waals surface area contributed by atoms with Crippen LogP contribution in [0.25, 0.3) is 0 Å². The van der Waals surface area contributed by atoms with Crippen LogP contribution in [0.2, 0.25) is 0 Å². The third-order valence-electron chi connectivity index (χ3n) is 6.77. The molecule has 5 rings (SSSR count). The zero-order valence-electron chi connectivity index (χ0n) is 18.1. The van der Waals surface area contributed by atoms with E-state index in [9.17, 15) is 4.79 Å². The summed E-state index contributed by atoms with van der Waals surface area (Å²) in [5, 5.41) is 0. The molecule has 0 saturated carbocycles. The Morgan fingerprint density at radius 3 is 2.81 bits per heavy atom. The minimum Gasteiger partial charge on any atom is -0.497 e. The summed E-state index contributed by atoms with van der Waals surface area (Å²) in [5.74, 6) is 3.26. The van der Waals surface area contributed by atoms with Gasteiger partial charge in [-0.25, -0.2) is 0 Å². The summed E-state index contributed by atoms with van der Waals surface area (Å²) in [7, 11) is 1.67. The van der Waals surface area contributed by atoms with Crippen LogP contribution in [0.5, 0.6) is 5.75 Å². The molecule has 2 aromatic carbocycles. The first kappa shape index (κ1) is 21.2. The van der Waals surface area contributed by atoms with Gasteiger partial charge in [0.2, 0.25) is 5.91 Å². The molecule has 2 fully saturated rings. The fourth-order valence-corrected chi connectivity index (χ4v) is 7.42. The van der Waals surface area contributed by atoms with E-state index in [4.69, 9.17) is 4.74 Å². The second-order valence-corrected chi connectivity index (χ2v) is 10.8. The van der Waals surface area contributed by atoms with Crippen LogP contribution in [0.4, 0.5) is 11.4 Å². The SMILES string of the molecule is COc1ccc2c(c1)N(C(=O)CSC[C@@H]1CCCN3CCCC[C@H]13)c1ccccc1S2. The van der Waals surface area contributed by atoms with Crippen molar-refractivity contribution in [3.05, 3.63) is 42.5 Å². The molecule has 2 atom stereocenters. The molecule has 31 heavy (non-hydrogen) atoms. The average molecular weight is 455 g/mol. The molecule has 3 heterocycles. The van der Waals surface area contributed by atoms with Crippen molar-refractivity contribution in [3.8, 4) is 5.75 Å². The van der Waals surface area contributed by atoms with Gasteiger partial charge in [0, 0.05) is 21.9 Å². The number of hydrogen-bond acceptors (Lipinski definition) is 5. The second kappa shape index (κ2) is 9.47. The first-order valence-electron chi connectivity index (χ1n) is 11.3. The number of rotatable bonds is 5. The predicted octanol–water partition coefficient (Wildman–Crippen LogP) is 5.82. The van der Waals surface area contributed by atoms with E-state index in [-0.39, 0.29) is 5.91 Å². The maximum Gasteiger partial charge on any atom is 0.241 e. The highest BCUT2D eigenvalue weighted by Crippen LogP contribution is 2.49. The molecule has 0 spiro atoms. The largest absolute Gasteiger partial charge is 0.497 e. The van der Waals surface area contributed by atoms with E-state index in [1.165, 1.54) is 45.2 Å². The predicted molar refractivity (Wildman–Crippen MR) is 130 cm³/mol. The monoisotopic (exact) mass is 454 g/mol. The summed E-state index contributed by atoms with van der Waals surface area (Å²) in [4.78, 5) is 20.3. The Labute approximate surface area is 193 Å². The normalized spacial score (nSPS) is 22.9. The minimum absolute atomic E-state index is 0.156. The van der Waals surface area contributed by atoms with Crippen molar-refractivity contribution in [1.29, 1.82) is 0 Å². The number of carbonyl (C=O) groups excluding carboxylic acids is 1. The van der Waals surface area contributed by atoms with E-state index in [0.717, 1.165) is 44.6 Å². The minimum atomic E-state index is 0.156. The maximum absolute atomic E-state index is 13.5. The quantitative estimate of drug-likeness (QED) is 0.568. The zero-order chi connectivity index (χ0) is 21.2. The Bertz CT molecular complexity index is 949. The van der Waals surface area contributed by atoms with E-state index in [2.05, 4.69) is 17.0 Å². The molecule has 2 aromatic rings. The van der Waals surface area contributed by atoms with Crippen molar-refractivity contribution < 1.29 is 9.53 Å². The summed E-state index contributed by atoms with van der Waals surface area (Å²) in [6.07, 6.45) is 6.67. The van der Waals surface area contributed by atoms with Crippen LogP contribution < -0.4 is 9.64 Å². The molecule has 0 unspecified atom stereocenters. The van der Waals surface area contributed by atoms with E-state index in [1.54, 1.807) is 18.9 Å². The van der Waals surface area contributed by atoms with Gasteiger partial charge < -0.3 is 9.64 Å². The van der Waals surface area contributed by atoms with Gasteiger partial charge in [0.05, 0.1) is 24.2 Å². The lowest BCUT2D eigenvalue weighted by molar-refractivity contribution is -0.115. The molecule has 3 aliphatic heterocycles. The van der Waals surface area contributed by atoms with Crippen LogP contribution in [0.3, 0.4) is 0 Å². The molecule has 0 radical (unpaired) electrons. The molecule has 4 nitrogen and oxygen atoms in total. The van der Waals surface area contributed by atoms with Gasteiger partial charge in [-0.2, -0.15) is 11.8 Å². The summed E-state index contributed by atoms with van der Waals surface area (Å²) in [6, 6.07) is 14.9. The van der Waals surface area contributed by atoms with E-state index in [0.29, 0.717) is 5.75 Å². The van der Waals surface area contributed by atoms with Crippen molar-refractivity contribution in [2.24, 2.45) is 5.92 Å². The summed E-state index contributed by atoms with van der Waals surface area (Å²) >= 11 is 3.54. The molecule has 3 aliphatic rings. The van der Waals surface area contributed by atoms with Crippen molar-refractivity contribution in [1.82, 2.24) is 4.90 Å². The van der Waals surface area contributed by atoms with Crippen molar-refractivity contribution in [2.45, 2.75) is 47.9 Å². The molecular weight excluding hydrogens is 424 g/mol. The van der Waals surface area contributed by atoms with Gasteiger partial charge in [-0.15, -0.1) is 0 Å². The standard InChI is InChI=1S/C25H30N2O2S2/c1-29-19-11-12-24-22(15-19)27(21-9-2-3-10-23(21)31-24)25(28)17-30-16-18-7-6-14-26-13-5-4-8-20(18)26/h2-3,9-12,15,18,20H,4-8,13-14,16-17H2,1H3/t18-,20+/m0/s1. The second-order valence-electron chi connectivity index (χ2n) is 8.65. The Hall–Kier alpha value is -1.63. The van der Waals surface area contributed by atoms with Gasteiger partial charge in [0.25, 0.3) is 0 Å². The van der Waals surface area contributed by atoms with Gasteiger partial charge in [-0.3, -0.25) is 9.69 Å². The molecule has 164 valence electrons. The molecule has 1 amide bonds. The molecule has 6 heteroatoms. The van der Waals surface area contributed by atoms with Gasteiger partial charge >= 0.3 is 0 Å². The highest BCUT2D eigenvalue weighted by molar-refractivity contribution is 8.00. The fourth-order valence-electron chi connectivity index (χ4n) is 5.26. The summed E-state index contributed by atoms with van der Waals surface area (Å²) in [6.45, 7) is 2.54. The van der Waals surface area contributed by atoms with Crippen LogP contribution in [0.15, 0.2) is 52.3 Å². The van der Waals surface area contributed by atoms with Gasteiger partial charge in [-0.1, -0.05) is 30.3 Å². The Kier molecular flexibility index (Phi) is 6.49. The zero-order valence-corrected chi connectivity index (χ0v) is 19.7. The number of benzene rings is 2. The molecular formula is C25H30N2O2S2. The van der Waals surface area contributed by atoms with Crippen LogP contribution in [0, 0.1) is 5.92 Å². The number of hydrogen-bond donors (Lipinski definition) is 0. The Morgan fingerprint density at radius 1 is 1.06 bits per heavy atom. The molecule has 0 aliphatic carbocycles. The number of thioether (sulfide) groups is 1. The highest BCUT2D eigenvalue weighted by atomic mass is 32.2. The van der Waals surface area contributed by atoms with E-state index < -0.39 is 0 Å². The number of anilines is 2. The smallest absolute Gasteiger partial charge is 0.241 e. The van der Waals surface area contributed by atoms with Crippen molar-refractivity contribution >= 4 is 40.8 Å². The molecule has 0 bridgehead atoms. The molecule has 2 saturated heterocycles. The van der Waals surface area contributed by atoms with Crippen LogP contribution in [-0.2, 0) is 4.79 Å². The third kappa shape index (κ3) is 4.35. The molecule has 0 N–H and O–H groups in total. The first-order chi connectivity index (χ1) is 15.2. The third-order valence-corrected chi connectivity index (χ3v) is 9.01. The number of nitrogens with zero attached hydrogens (tertiary/aromatic N) is 2. The lowest BCUT2D eigenvalue weighted by atomic mass is 9.85. The number of ether oxygens (including phenoxy) is 1. The van der Waals surface area contributed by atoms with E-state index in [1.807, 2.05) is 47.0 Å². The van der Waals surface area contributed by atoms with Gasteiger partial charge in [0.15, 0.2) is 0 Å². The maximum atomic E-state index is 13.5. The molecule has 0 aromatic heterocycles. The summed E-state index contributed by atoms with van der Waals surface area (Å²) < 4.78 is 5.45. The fraction of sp³-hybridized carbons (Fsp3) is 0.480. The number of para-hydroxylation sites is 1. The van der Waals surface area contributed by atoms with Crippen LogP contribution >= 0.6 is 23.5 Å². The van der Waals surface area contributed by atoms with Crippen molar-refractivity contribution in [2.75, 3.05) is 36.6 Å². The average Bonchev–Trinajstić information content (AvgIpc) is 2.82. The number of fused-ring (bicyclic) bond motifs is 3. The first-order valence-corrected chi connectivity index (χ1v) is 13.3. The lowest BCUT2D eigenvalue weighted by Gasteiger charge is -2.44.